The number of aromatic nitrogens is 2. The average Bonchev–Trinajstić information content (AvgIpc) is 3.09. The molecule has 1 aliphatic rings. The Bertz CT molecular complexity index is 791. The Hall–Kier alpha value is -1.86. The van der Waals surface area contributed by atoms with E-state index in [1.807, 2.05) is 0 Å². The molecule has 0 aliphatic carbocycles. The van der Waals surface area contributed by atoms with Gasteiger partial charge in [-0.3, -0.25) is 0 Å². The molecule has 2 aromatic rings. The molecule has 2 heterocycles. The highest BCUT2D eigenvalue weighted by molar-refractivity contribution is 7.80. The number of hydrogen-bond donors (Lipinski definition) is 2. The number of hydrogen-bond acceptors (Lipinski definition) is 5. The van der Waals surface area contributed by atoms with E-state index in [1.165, 1.54) is 0 Å². The van der Waals surface area contributed by atoms with Crippen molar-refractivity contribution in [2.75, 3.05) is 6.79 Å². The minimum Gasteiger partial charge on any atom is -0.476 e. The van der Waals surface area contributed by atoms with Crippen molar-refractivity contribution in [3.05, 3.63) is 34.2 Å². The van der Waals surface area contributed by atoms with Crippen molar-refractivity contribution in [1.29, 1.82) is 0 Å². The van der Waals surface area contributed by atoms with Gasteiger partial charge in [0.1, 0.15) is 10.9 Å². The molecule has 1 aliphatic heterocycles. The molecule has 24 heavy (non-hydrogen) atoms. The summed E-state index contributed by atoms with van der Waals surface area (Å²) in [5.41, 5.74) is 0.810. The van der Waals surface area contributed by atoms with Crippen LogP contribution in [0.2, 0.25) is 5.02 Å². The van der Waals surface area contributed by atoms with Crippen LogP contribution in [-0.4, -0.2) is 27.4 Å². The maximum absolute atomic E-state index is 11.6. The quantitative estimate of drug-likeness (QED) is 0.761. The Balaban J connectivity index is 2.01. The molecule has 0 bridgehead atoms. The second-order valence-corrected chi connectivity index (χ2v) is 6.32. The van der Waals surface area contributed by atoms with Gasteiger partial charge in [0.2, 0.25) is 6.79 Å². The summed E-state index contributed by atoms with van der Waals surface area (Å²) in [4.78, 5) is 15.9. The van der Waals surface area contributed by atoms with Crippen LogP contribution in [0.3, 0.4) is 0 Å². The zero-order chi connectivity index (χ0) is 17.3. The number of carboxylic acids is 1. The van der Waals surface area contributed by atoms with Crippen molar-refractivity contribution in [1.82, 2.24) is 9.55 Å². The van der Waals surface area contributed by atoms with Gasteiger partial charge in [0.25, 0.3) is 0 Å². The molecule has 0 saturated heterocycles. The van der Waals surface area contributed by atoms with Crippen molar-refractivity contribution >= 4 is 30.2 Å². The molecule has 0 unspecified atom stereocenters. The molecule has 3 rings (SSSR count). The Kier molecular flexibility index (Phi) is 4.91. The van der Waals surface area contributed by atoms with Gasteiger partial charge < -0.3 is 19.1 Å². The Morgan fingerprint density at radius 1 is 1.42 bits per heavy atom. The minimum atomic E-state index is -1.06. The maximum Gasteiger partial charge on any atom is 0.355 e. The molecule has 0 atom stereocenters. The first-order valence-corrected chi connectivity index (χ1v) is 8.43. The average molecular weight is 369 g/mol. The number of carboxylic acid groups (broad SMARTS) is 1. The number of rotatable bonds is 6. The number of thiol groups is 1. The largest absolute Gasteiger partial charge is 0.476 e. The topological polar surface area (TPSA) is 73.6 Å². The fraction of sp³-hybridized carbons (Fsp3) is 0.375. The molecule has 6 nitrogen and oxygen atoms in total. The van der Waals surface area contributed by atoms with Crippen LogP contribution in [0, 0.1) is 0 Å². The zero-order valence-corrected chi connectivity index (χ0v) is 14.7. The summed E-state index contributed by atoms with van der Waals surface area (Å²) in [5.74, 6) is 0.821. The summed E-state index contributed by atoms with van der Waals surface area (Å²) in [7, 11) is 0. The van der Waals surface area contributed by atoms with Gasteiger partial charge in [-0.2, -0.15) is 0 Å². The van der Waals surface area contributed by atoms with Crippen LogP contribution in [0.1, 0.15) is 41.6 Å². The lowest BCUT2D eigenvalue weighted by molar-refractivity contribution is 0.0681. The molecule has 1 N–H and O–H groups in total. The van der Waals surface area contributed by atoms with Gasteiger partial charge >= 0.3 is 5.97 Å². The van der Waals surface area contributed by atoms with E-state index in [4.69, 9.17) is 21.1 Å². The zero-order valence-electron chi connectivity index (χ0n) is 13.1. The van der Waals surface area contributed by atoms with Crippen LogP contribution < -0.4 is 9.47 Å². The van der Waals surface area contributed by atoms with E-state index in [-0.39, 0.29) is 24.1 Å². The summed E-state index contributed by atoms with van der Waals surface area (Å²) >= 11 is 10.5. The van der Waals surface area contributed by atoms with Crippen molar-refractivity contribution in [2.45, 2.75) is 37.8 Å². The normalized spacial score (nSPS) is 12.6. The van der Waals surface area contributed by atoms with E-state index in [1.54, 1.807) is 16.7 Å². The van der Waals surface area contributed by atoms with E-state index in [9.17, 15) is 9.90 Å². The van der Waals surface area contributed by atoms with Crippen molar-refractivity contribution < 1.29 is 19.4 Å². The van der Waals surface area contributed by atoms with E-state index in [2.05, 4.69) is 24.5 Å². The van der Waals surface area contributed by atoms with Crippen molar-refractivity contribution in [2.24, 2.45) is 0 Å². The number of aromatic carboxylic acids is 1. The molecular formula is C16H17ClN2O4S. The molecule has 0 amide bonds. The number of aryl methyl sites for hydroxylation is 1. The summed E-state index contributed by atoms with van der Waals surface area (Å²) in [6.45, 7) is 2.51. The lowest BCUT2D eigenvalue weighted by atomic mass is 10.2. The van der Waals surface area contributed by atoms with Gasteiger partial charge in [-0.05, 0) is 18.1 Å². The van der Waals surface area contributed by atoms with Crippen LogP contribution in [0.25, 0.3) is 0 Å². The number of fused-ring (bicyclic) bond motifs is 1. The van der Waals surface area contributed by atoms with Gasteiger partial charge in [0.05, 0.1) is 6.54 Å². The maximum atomic E-state index is 11.6. The molecule has 0 radical (unpaired) electrons. The first-order valence-electron chi connectivity index (χ1n) is 7.61. The first kappa shape index (κ1) is 17.0. The molecule has 0 saturated carbocycles. The lowest BCUT2D eigenvalue weighted by Crippen LogP contribution is -2.13. The standard InChI is InChI=1S/C16H17ClN2O4S/c1-2-3-4-13-18-15(24)14(16(20)21)19(13)7-9-5-11-12(6-10(9)17)23-8-22-11/h5-6,24H,2-4,7-8H2,1H3,(H,20,21). The van der Waals surface area contributed by atoms with Gasteiger partial charge in [-0.1, -0.05) is 24.9 Å². The minimum absolute atomic E-state index is 0.0677. The second kappa shape index (κ2) is 6.94. The molecular weight excluding hydrogens is 352 g/mol. The third kappa shape index (κ3) is 3.18. The summed E-state index contributed by atoms with van der Waals surface area (Å²) < 4.78 is 12.3. The van der Waals surface area contributed by atoms with Gasteiger partial charge in [-0.15, -0.1) is 12.6 Å². The highest BCUT2D eigenvalue weighted by Crippen LogP contribution is 2.37. The van der Waals surface area contributed by atoms with Gasteiger partial charge in [0, 0.05) is 17.5 Å². The fourth-order valence-corrected chi connectivity index (χ4v) is 3.19. The number of ether oxygens (including phenoxy) is 2. The highest BCUT2D eigenvalue weighted by Gasteiger charge is 2.23. The number of halogens is 1. The van der Waals surface area contributed by atoms with E-state index in [0.717, 1.165) is 18.4 Å². The smallest absolute Gasteiger partial charge is 0.355 e. The number of unbranched alkanes of at least 4 members (excludes halogenated alkanes) is 1. The molecule has 0 spiro atoms. The van der Waals surface area contributed by atoms with Gasteiger partial charge in [-0.25, -0.2) is 9.78 Å². The molecule has 0 fully saturated rings. The number of imidazole rings is 1. The van der Waals surface area contributed by atoms with Gasteiger partial charge in [0.15, 0.2) is 17.2 Å². The highest BCUT2D eigenvalue weighted by atomic mass is 35.5. The van der Waals surface area contributed by atoms with Crippen molar-refractivity contribution in [3.63, 3.8) is 0 Å². The van der Waals surface area contributed by atoms with Crippen LogP contribution in [-0.2, 0) is 13.0 Å². The molecule has 1 aromatic carbocycles. The monoisotopic (exact) mass is 368 g/mol. The van der Waals surface area contributed by atoms with E-state index >= 15 is 0 Å². The number of benzene rings is 1. The predicted octanol–water partition coefficient (Wildman–Crippen LogP) is 3.64. The Morgan fingerprint density at radius 3 is 2.79 bits per heavy atom. The van der Waals surface area contributed by atoms with Crippen molar-refractivity contribution in [3.8, 4) is 11.5 Å². The molecule has 1 aromatic heterocycles. The van der Waals surface area contributed by atoms with Crippen LogP contribution >= 0.6 is 24.2 Å². The Labute approximate surface area is 149 Å². The molecule has 128 valence electrons. The SMILES string of the molecule is CCCCc1nc(S)c(C(=O)O)n1Cc1cc2c(cc1Cl)OCO2. The third-order valence-electron chi connectivity index (χ3n) is 3.85. The van der Waals surface area contributed by atoms with E-state index in [0.29, 0.717) is 28.8 Å². The third-order valence-corrected chi connectivity index (χ3v) is 4.52. The number of carbonyl (C=O) groups is 1. The summed E-state index contributed by atoms with van der Waals surface area (Å²) in [6.07, 6.45) is 2.58. The van der Waals surface area contributed by atoms with Crippen LogP contribution in [0.5, 0.6) is 11.5 Å². The number of nitrogens with zero attached hydrogens (tertiary/aromatic N) is 2. The summed E-state index contributed by atoms with van der Waals surface area (Å²) in [6, 6.07) is 3.46. The first-order chi connectivity index (χ1) is 11.5. The van der Waals surface area contributed by atoms with E-state index < -0.39 is 5.97 Å². The predicted molar refractivity (Wildman–Crippen MR) is 91.7 cm³/mol. The van der Waals surface area contributed by atoms with Crippen LogP contribution in [0.4, 0.5) is 0 Å². The summed E-state index contributed by atoms with van der Waals surface area (Å²) in [5, 5.41) is 10.2. The lowest BCUT2D eigenvalue weighted by Gasteiger charge is -2.12. The fourth-order valence-electron chi connectivity index (χ4n) is 2.64. The molecule has 8 heteroatoms. The van der Waals surface area contributed by atoms with Crippen LogP contribution in [0.15, 0.2) is 17.2 Å². The Morgan fingerprint density at radius 2 is 2.12 bits per heavy atom. The second-order valence-electron chi connectivity index (χ2n) is 5.49.